The van der Waals surface area contributed by atoms with E-state index < -0.39 is 23.2 Å². The fourth-order valence-electron chi connectivity index (χ4n) is 6.68. The van der Waals surface area contributed by atoms with Crippen molar-refractivity contribution in [1.82, 2.24) is 14.7 Å². The van der Waals surface area contributed by atoms with Gasteiger partial charge in [-0.3, -0.25) is 4.79 Å². The van der Waals surface area contributed by atoms with Crippen molar-refractivity contribution in [2.45, 2.75) is 64.5 Å². The molecule has 0 aliphatic carbocycles. The lowest BCUT2D eigenvalue weighted by atomic mass is 9.77. The fourth-order valence-corrected chi connectivity index (χ4v) is 6.68. The molecular weight excluding hydrogens is 612 g/mol. The third-order valence-electron chi connectivity index (χ3n) is 9.00. The number of hydrogen-bond donors (Lipinski definition) is 1. The molecular formula is C41H46N4O4. The van der Waals surface area contributed by atoms with Gasteiger partial charge in [-0.05, 0) is 74.9 Å². The van der Waals surface area contributed by atoms with Crippen molar-refractivity contribution in [2.75, 3.05) is 25.0 Å². The van der Waals surface area contributed by atoms with E-state index in [1.165, 1.54) is 0 Å². The van der Waals surface area contributed by atoms with Gasteiger partial charge in [-0.1, -0.05) is 104 Å². The molecule has 8 heteroatoms. The molecule has 0 bridgehead atoms. The van der Waals surface area contributed by atoms with Crippen LogP contribution in [-0.2, 0) is 15.1 Å². The summed E-state index contributed by atoms with van der Waals surface area (Å²) in [6.45, 7) is 9.12. The zero-order chi connectivity index (χ0) is 34.4. The molecule has 0 radical (unpaired) electrons. The Labute approximate surface area is 289 Å². The largest absolute Gasteiger partial charge is 0.494 e. The second-order valence-electron chi connectivity index (χ2n) is 13.7. The number of likely N-dealkylation sites (tertiary alicyclic amines) is 1. The first-order valence-corrected chi connectivity index (χ1v) is 17.3. The molecule has 5 aromatic rings. The first-order chi connectivity index (χ1) is 23.7. The van der Waals surface area contributed by atoms with E-state index >= 15 is 0 Å². The molecule has 1 aliphatic rings. The molecule has 254 valence electrons. The van der Waals surface area contributed by atoms with Crippen molar-refractivity contribution in [3.63, 3.8) is 0 Å². The third-order valence-corrected chi connectivity index (χ3v) is 9.00. The lowest BCUT2D eigenvalue weighted by Crippen LogP contribution is -2.45. The van der Waals surface area contributed by atoms with Gasteiger partial charge in [-0.25, -0.2) is 9.48 Å². The van der Waals surface area contributed by atoms with Crippen LogP contribution in [0.4, 0.5) is 10.6 Å². The molecule has 1 aromatic heterocycles. The highest BCUT2D eigenvalue weighted by molar-refractivity contribution is 6.01. The predicted octanol–water partition coefficient (Wildman–Crippen LogP) is 8.64. The molecule has 4 aromatic carbocycles. The molecule has 2 amide bonds. The summed E-state index contributed by atoms with van der Waals surface area (Å²) in [4.78, 5) is 28.6. The first-order valence-electron chi connectivity index (χ1n) is 17.3. The lowest BCUT2D eigenvalue weighted by molar-refractivity contribution is -0.121. The van der Waals surface area contributed by atoms with E-state index in [4.69, 9.17) is 14.6 Å². The molecule has 8 nitrogen and oxygen atoms in total. The van der Waals surface area contributed by atoms with Crippen molar-refractivity contribution in [3.8, 4) is 5.75 Å². The van der Waals surface area contributed by atoms with Gasteiger partial charge < -0.3 is 19.7 Å². The number of rotatable bonds is 10. The number of piperidine rings is 1. The maximum atomic E-state index is 14.1. The summed E-state index contributed by atoms with van der Waals surface area (Å²) in [5, 5.41) is 9.26. The number of nitrogens with one attached hydrogen (secondary N) is 1. The van der Waals surface area contributed by atoms with Crippen LogP contribution in [0.2, 0.25) is 0 Å². The standard InChI is InChI=1S/C41H46N4O4/c1-5-6-27-48-34-24-25-36-35(28-34)37(42-38(46)30-17-16-26-44(29-30)39(47)49-40(2,3)4)43-45(36)41(31-18-10-7-11-19-31,32-20-12-8-13-21-32)33-22-14-9-15-23-33/h7-15,18-25,28,30H,5-6,16-17,26-27,29H2,1-4H3,(H,42,43,46)/t30-/m1/s1. The monoisotopic (exact) mass is 658 g/mol. The summed E-state index contributed by atoms with van der Waals surface area (Å²) in [5.74, 6) is 0.575. The van der Waals surface area contributed by atoms with Crippen molar-refractivity contribution >= 4 is 28.7 Å². The minimum Gasteiger partial charge on any atom is -0.494 e. The Balaban J connectivity index is 1.49. The number of aromatic nitrogens is 2. The zero-order valence-corrected chi connectivity index (χ0v) is 28.9. The van der Waals surface area contributed by atoms with E-state index in [0.29, 0.717) is 31.8 Å². The van der Waals surface area contributed by atoms with E-state index in [9.17, 15) is 9.59 Å². The van der Waals surface area contributed by atoms with Gasteiger partial charge >= 0.3 is 6.09 Å². The summed E-state index contributed by atoms with van der Waals surface area (Å²) < 4.78 is 13.8. The maximum Gasteiger partial charge on any atom is 0.410 e. The minimum atomic E-state index is -0.881. The van der Waals surface area contributed by atoms with Crippen LogP contribution < -0.4 is 10.1 Å². The number of benzene rings is 4. The molecule has 1 N–H and O–H groups in total. The van der Waals surface area contributed by atoms with Crippen LogP contribution in [0.5, 0.6) is 5.75 Å². The average molecular weight is 659 g/mol. The number of carbonyl (C=O) groups is 2. The number of unbranched alkanes of at least 4 members (excludes halogenated alkanes) is 1. The second kappa shape index (κ2) is 14.6. The summed E-state index contributed by atoms with van der Waals surface area (Å²) in [6, 6.07) is 37.1. The van der Waals surface area contributed by atoms with Crippen LogP contribution in [0, 0.1) is 5.92 Å². The first kappa shape index (κ1) is 33.8. The van der Waals surface area contributed by atoms with Crippen LogP contribution in [-0.4, -0.2) is 52.0 Å². The summed E-state index contributed by atoms with van der Waals surface area (Å²) in [7, 11) is 0. The molecule has 2 heterocycles. The highest BCUT2D eigenvalue weighted by Crippen LogP contribution is 2.44. The topological polar surface area (TPSA) is 85.7 Å². The Kier molecular flexibility index (Phi) is 10.0. The number of hydrogen-bond acceptors (Lipinski definition) is 5. The zero-order valence-electron chi connectivity index (χ0n) is 28.9. The van der Waals surface area contributed by atoms with Crippen molar-refractivity contribution < 1.29 is 19.1 Å². The minimum absolute atomic E-state index is 0.179. The SMILES string of the molecule is CCCCOc1ccc2c(c1)c(NC(=O)[C@@H]1CCCN(C(=O)OC(C)(C)C)C1)nn2C(c1ccccc1)(c1ccccc1)c1ccccc1. The Morgan fingerprint density at radius 1 is 0.857 bits per heavy atom. The Hall–Kier alpha value is -5.11. The lowest BCUT2D eigenvalue weighted by Gasteiger charge is -2.37. The van der Waals surface area contributed by atoms with Crippen LogP contribution in [0.15, 0.2) is 109 Å². The fraction of sp³-hybridized carbons (Fsp3) is 0.341. The highest BCUT2D eigenvalue weighted by atomic mass is 16.6. The molecule has 49 heavy (non-hydrogen) atoms. The van der Waals surface area contributed by atoms with Crippen LogP contribution >= 0.6 is 0 Å². The van der Waals surface area contributed by atoms with Crippen LogP contribution in [0.3, 0.4) is 0 Å². The molecule has 1 atom stereocenters. The van der Waals surface area contributed by atoms with Gasteiger partial charge in [0.2, 0.25) is 5.91 Å². The van der Waals surface area contributed by atoms with Gasteiger partial charge in [0, 0.05) is 18.5 Å². The summed E-state index contributed by atoms with van der Waals surface area (Å²) in [5.41, 5.74) is 2.43. The number of amides is 2. The van der Waals surface area contributed by atoms with Gasteiger partial charge in [0.1, 0.15) is 16.9 Å². The number of ether oxygens (including phenoxy) is 2. The van der Waals surface area contributed by atoms with E-state index in [1.807, 2.05) is 98.2 Å². The number of anilines is 1. The predicted molar refractivity (Wildman–Crippen MR) is 194 cm³/mol. The summed E-state index contributed by atoms with van der Waals surface area (Å²) >= 11 is 0. The second-order valence-corrected chi connectivity index (χ2v) is 13.7. The van der Waals surface area contributed by atoms with Gasteiger partial charge in [0.25, 0.3) is 0 Å². The molecule has 0 unspecified atom stereocenters. The van der Waals surface area contributed by atoms with E-state index in [1.54, 1.807) is 4.90 Å². The molecule has 1 saturated heterocycles. The van der Waals surface area contributed by atoms with Gasteiger partial charge in [-0.2, -0.15) is 5.10 Å². The van der Waals surface area contributed by atoms with E-state index in [2.05, 4.69) is 48.6 Å². The normalized spacial score (nSPS) is 15.2. The molecule has 0 saturated carbocycles. The molecule has 1 aliphatic heterocycles. The molecule has 1 fully saturated rings. The third kappa shape index (κ3) is 7.19. The van der Waals surface area contributed by atoms with Gasteiger partial charge in [0.05, 0.1) is 18.0 Å². The Morgan fingerprint density at radius 2 is 1.45 bits per heavy atom. The number of carbonyl (C=O) groups excluding carboxylic acids is 2. The summed E-state index contributed by atoms with van der Waals surface area (Å²) in [6.07, 6.45) is 2.94. The van der Waals surface area contributed by atoms with Crippen molar-refractivity contribution in [1.29, 1.82) is 0 Å². The van der Waals surface area contributed by atoms with Crippen molar-refractivity contribution in [3.05, 3.63) is 126 Å². The van der Waals surface area contributed by atoms with Gasteiger partial charge in [-0.15, -0.1) is 0 Å². The highest BCUT2D eigenvalue weighted by Gasteiger charge is 2.41. The number of nitrogens with zero attached hydrogens (tertiary/aromatic N) is 3. The average Bonchev–Trinajstić information content (AvgIpc) is 3.46. The smallest absolute Gasteiger partial charge is 0.410 e. The van der Waals surface area contributed by atoms with E-state index in [-0.39, 0.29) is 12.5 Å². The van der Waals surface area contributed by atoms with Crippen molar-refractivity contribution in [2.24, 2.45) is 5.92 Å². The van der Waals surface area contributed by atoms with Crippen LogP contribution in [0.25, 0.3) is 10.9 Å². The quantitative estimate of drug-likeness (QED) is 0.120. The number of fused-ring (bicyclic) bond motifs is 1. The molecule has 6 rings (SSSR count). The van der Waals surface area contributed by atoms with Gasteiger partial charge in [0.15, 0.2) is 5.82 Å². The van der Waals surface area contributed by atoms with Crippen LogP contribution in [0.1, 0.15) is 70.1 Å². The molecule has 0 spiro atoms. The maximum absolute atomic E-state index is 14.1. The Bertz CT molecular complexity index is 1770. The Morgan fingerprint density at radius 3 is 2.00 bits per heavy atom. The van der Waals surface area contributed by atoms with E-state index in [0.717, 1.165) is 46.2 Å².